The van der Waals surface area contributed by atoms with Gasteiger partial charge in [0.2, 0.25) is 0 Å². The summed E-state index contributed by atoms with van der Waals surface area (Å²) in [6, 6.07) is 7.76. The second-order valence-electron chi connectivity index (χ2n) is 5.77. The lowest BCUT2D eigenvalue weighted by atomic mass is 9.81. The van der Waals surface area contributed by atoms with Crippen LogP contribution < -0.4 is 5.32 Å². The topological polar surface area (TPSA) is 46.2 Å². The fraction of sp³-hybridized carbons (Fsp3) is 0.625. The van der Waals surface area contributed by atoms with Gasteiger partial charge in [0, 0.05) is 12.3 Å². The second kappa shape index (κ2) is 6.72. The lowest BCUT2D eigenvalue weighted by Crippen LogP contribution is -2.29. The number of sulfone groups is 1. The van der Waals surface area contributed by atoms with Crippen molar-refractivity contribution >= 4 is 9.84 Å². The van der Waals surface area contributed by atoms with Gasteiger partial charge in [-0.1, -0.05) is 38.3 Å². The van der Waals surface area contributed by atoms with Crippen molar-refractivity contribution in [2.45, 2.75) is 50.0 Å². The van der Waals surface area contributed by atoms with Gasteiger partial charge in [0.25, 0.3) is 0 Å². The van der Waals surface area contributed by atoms with Crippen molar-refractivity contribution in [2.75, 3.05) is 12.8 Å². The quantitative estimate of drug-likeness (QED) is 0.906. The van der Waals surface area contributed by atoms with E-state index in [9.17, 15) is 8.42 Å². The van der Waals surface area contributed by atoms with Crippen molar-refractivity contribution in [1.82, 2.24) is 5.32 Å². The van der Waals surface area contributed by atoms with E-state index in [1.165, 1.54) is 43.9 Å². The summed E-state index contributed by atoms with van der Waals surface area (Å²) in [6.45, 7) is 3.07. The molecule has 112 valence electrons. The third-order valence-electron chi connectivity index (χ3n) is 4.21. The number of hydrogen-bond donors (Lipinski definition) is 1. The van der Waals surface area contributed by atoms with E-state index in [4.69, 9.17) is 0 Å². The highest BCUT2D eigenvalue weighted by Crippen LogP contribution is 2.34. The molecule has 3 nitrogen and oxygen atoms in total. The lowest BCUT2D eigenvalue weighted by molar-refractivity contribution is 0.274. The van der Waals surface area contributed by atoms with E-state index in [1.807, 2.05) is 12.1 Å². The van der Waals surface area contributed by atoms with Crippen LogP contribution in [0.15, 0.2) is 29.2 Å². The van der Waals surface area contributed by atoms with Gasteiger partial charge in [0.05, 0.1) is 4.90 Å². The molecule has 1 aliphatic rings. The summed E-state index contributed by atoms with van der Waals surface area (Å²) in [6.07, 6.45) is 7.77. The summed E-state index contributed by atoms with van der Waals surface area (Å²) in [5.74, 6) is 0.674. The summed E-state index contributed by atoms with van der Waals surface area (Å²) in [4.78, 5) is 0.403. The third-order valence-corrected chi connectivity index (χ3v) is 5.34. The van der Waals surface area contributed by atoms with Gasteiger partial charge in [-0.3, -0.25) is 0 Å². The zero-order valence-corrected chi connectivity index (χ0v) is 13.2. The number of hydrogen-bond acceptors (Lipinski definition) is 3. The fourth-order valence-electron chi connectivity index (χ4n) is 3.17. The van der Waals surface area contributed by atoms with Crippen LogP contribution in [-0.2, 0) is 9.84 Å². The fourth-order valence-corrected chi connectivity index (χ4v) is 3.80. The first-order chi connectivity index (χ1) is 9.52. The molecule has 2 rings (SSSR count). The third kappa shape index (κ3) is 3.83. The first-order valence-electron chi connectivity index (χ1n) is 7.55. The number of benzene rings is 1. The monoisotopic (exact) mass is 295 g/mol. The molecule has 0 amide bonds. The Labute approximate surface area is 122 Å². The van der Waals surface area contributed by atoms with Crippen molar-refractivity contribution < 1.29 is 8.42 Å². The van der Waals surface area contributed by atoms with Crippen LogP contribution in [0.2, 0.25) is 0 Å². The molecule has 0 aliphatic heterocycles. The molecule has 1 atom stereocenters. The Morgan fingerprint density at radius 3 is 2.25 bits per heavy atom. The Morgan fingerprint density at radius 1 is 1.15 bits per heavy atom. The van der Waals surface area contributed by atoms with E-state index in [2.05, 4.69) is 12.2 Å². The van der Waals surface area contributed by atoms with Gasteiger partial charge in [-0.2, -0.15) is 0 Å². The minimum Gasteiger partial charge on any atom is -0.310 e. The molecule has 1 fully saturated rings. The van der Waals surface area contributed by atoms with Crippen molar-refractivity contribution in [3.05, 3.63) is 29.8 Å². The number of rotatable bonds is 5. The minimum absolute atomic E-state index is 0.355. The van der Waals surface area contributed by atoms with E-state index in [-0.39, 0.29) is 0 Å². The lowest BCUT2D eigenvalue weighted by Gasteiger charge is -2.31. The van der Waals surface area contributed by atoms with Crippen molar-refractivity contribution in [2.24, 2.45) is 5.92 Å². The molecule has 1 unspecified atom stereocenters. The molecule has 1 N–H and O–H groups in total. The summed E-state index contributed by atoms with van der Waals surface area (Å²) in [7, 11) is -3.10. The standard InChI is InChI=1S/C16H25NO2S/c1-3-17-16(13-7-5-4-6-8-13)14-9-11-15(12-10-14)20(2,18)19/h9-13,16-17H,3-8H2,1-2H3. The summed E-state index contributed by atoms with van der Waals surface area (Å²) >= 11 is 0. The van der Waals surface area contributed by atoms with Gasteiger partial charge < -0.3 is 5.32 Å². The molecule has 0 radical (unpaired) electrons. The normalized spacial score (nSPS) is 18.9. The Hall–Kier alpha value is -0.870. The van der Waals surface area contributed by atoms with Crippen LogP contribution in [0.3, 0.4) is 0 Å². The summed E-state index contributed by atoms with van der Waals surface area (Å²) < 4.78 is 23.1. The maximum absolute atomic E-state index is 11.5. The molecule has 1 aromatic rings. The predicted molar refractivity (Wildman–Crippen MR) is 82.5 cm³/mol. The van der Waals surface area contributed by atoms with Crippen LogP contribution in [0.25, 0.3) is 0 Å². The van der Waals surface area contributed by atoms with Gasteiger partial charge in [-0.15, -0.1) is 0 Å². The van der Waals surface area contributed by atoms with Gasteiger partial charge in [0.15, 0.2) is 9.84 Å². The Balaban J connectivity index is 2.20. The molecular weight excluding hydrogens is 270 g/mol. The highest BCUT2D eigenvalue weighted by atomic mass is 32.2. The van der Waals surface area contributed by atoms with Crippen LogP contribution in [0.4, 0.5) is 0 Å². The number of nitrogens with one attached hydrogen (secondary N) is 1. The Morgan fingerprint density at radius 2 is 1.75 bits per heavy atom. The summed E-state index contributed by atoms with van der Waals surface area (Å²) in [5, 5.41) is 3.58. The highest BCUT2D eigenvalue weighted by Gasteiger charge is 2.24. The second-order valence-corrected chi connectivity index (χ2v) is 7.79. The van der Waals surface area contributed by atoms with E-state index < -0.39 is 9.84 Å². The minimum atomic E-state index is -3.10. The first-order valence-corrected chi connectivity index (χ1v) is 9.45. The zero-order chi connectivity index (χ0) is 14.6. The molecule has 20 heavy (non-hydrogen) atoms. The van der Waals surface area contributed by atoms with E-state index in [1.54, 1.807) is 12.1 Å². The SMILES string of the molecule is CCNC(c1ccc(S(C)(=O)=O)cc1)C1CCCCC1. The average molecular weight is 295 g/mol. The van der Waals surface area contributed by atoms with Crippen LogP contribution in [-0.4, -0.2) is 21.2 Å². The van der Waals surface area contributed by atoms with E-state index >= 15 is 0 Å². The Bertz CT molecular complexity index is 516. The predicted octanol–water partition coefficient (Wildman–Crippen LogP) is 3.32. The molecule has 0 spiro atoms. The van der Waals surface area contributed by atoms with Gasteiger partial charge in [0.1, 0.15) is 0 Å². The van der Waals surface area contributed by atoms with Crippen molar-refractivity contribution in [3.8, 4) is 0 Å². The van der Waals surface area contributed by atoms with Crippen molar-refractivity contribution in [3.63, 3.8) is 0 Å². The molecule has 0 heterocycles. The Kier molecular flexibility index (Phi) is 5.22. The molecule has 4 heteroatoms. The van der Waals surface area contributed by atoms with E-state index in [0.29, 0.717) is 16.9 Å². The largest absolute Gasteiger partial charge is 0.310 e. The summed E-state index contributed by atoms with van der Waals surface area (Å²) in [5.41, 5.74) is 1.21. The molecule has 1 saturated carbocycles. The van der Waals surface area contributed by atoms with E-state index in [0.717, 1.165) is 6.54 Å². The van der Waals surface area contributed by atoms with Gasteiger partial charge >= 0.3 is 0 Å². The zero-order valence-electron chi connectivity index (χ0n) is 12.4. The molecule has 0 saturated heterocycles. The smallest absolute Gasteiger partial charge is 0.175 e. The first kappa shape index (κ1) is 15.5. The van der Waals surface area contributed by atoms with Crippen LogP contribution in [0, 0.1) is 5.92 Å². The molecule has 1 aromatic carbocycles. The molecule has 0 aromatic heterocycles. The van der Waals surface area contributed by atoms with Crippen molar-refractivity contribution in [1.29, 1.82) is 0 Å². The maximum Gasteiger partial charge on any atom is 0.175 e. The van der Waals surface area contributed by atoms with Crippen LogP contribution in [0.5, 0.6) is 0 Å². The van der Waals surface area contributed by atoms with Gasteiger partial charge in [-0.25, -0.2) is 8.42 Å². The molecule has 1 aliphatic carbocycles. The average Bonchev–Trinajstić information content (AvgIpc) is 2.45. The highest BCUT2D eigenvalue weighted by molar-refractivity contribution is 7.90. The molecular formula is C16H25NO2S. The maximum atomic E-state index is 11.5. The molecule has 0 bridgehead atoms. The van der Waals surface area contributed by atoms with Gasteiger partial charge in [-0.05, 0) is 43.0 Å². The van der Waals surface area contributed by atoms with Crippen LogP contribution >= 0.6 is 0 Å². The van der Waals surface area contributed by atoms with Crippen LogP contribution in [0.1, 0.15) is 50.6 Å².